The van der Waals surface area contributed by atoms with Crippen molar-refractivity contribution in [3.05, 3.63) is 48.8 Å². The predicted molar refractivity (Wildman–Crippen MR) is 79.6 cm³/mol. The summed E-state index contributed by atoms with van der Waals surface area (Å²) in [6, 6.07) is 13.8. The van der Waals surface area contributed by atoms with Crippen LogP contribution in [0.5, 0.6) is 5.75 Å². The van der Waals surface area contributed by atoms with Crippen LogP contribution in [0.3, 0.4) is 0 Å². The van der Waals surface area contributed by atoms with E-state index in [1.807, 2.05) is 30.3 Å². The van der Waals surface area contributed by atoms with E-state index >= 15 is 0 Å². The van der Waals surface area contributed by atoms with E-state index in [1.165, 1.54) is 12.8 Å². The summed E-state index contributed by atoms with van der Waals surface area (Å²) in [5.41, 5.74) is 2.29. The molecule has 0 bridgehead atoms. The van der Waals surface area contributed by atoms with Crippen LogP contribution >= 0.6 is 0 Å². The maximum absolute atomic E-state index is 5.82. The molecule has 1 aliphatic heterocycles. The van der Waals surface area contributed by atoms with Crippen LogP contribution in [-0.2, 0) is 0 Å². The molecule has 2 heterocycles. The molecule has 1 radical (unpaired) electrons. The molecule has 1 aromatic heterocycles. The van der Waals surface area contributed by atoms with Gasteiger partial charge in [-0.05, 0) is 61.2 Å². The lowest BCUT2D eigenvalue weighted by atomic mass is 10.1. The van der Waals surface area contributed by atoms with Crippen molar-refractivity contribution < 1.29 is 4.74 Å². The monoisotopic (exact) mass is 267 g/mol. The summed E-state index contributed by atoms with van der Waals surface area (Å²) in [5, 5.41) is 3.48. The van der Waals surface area contributed by atoms with Crippen LogP contribution in [0.25, 0.3) is 11.1 Å². The van der Waals surface area contributed by atoms with Crippen molar-refractivity contribution in [3.8, 4) is 16.9 Å². The first-order chi connectivity index (χ1) is 9.92. The van der Waals surface area contributed by atoms with Crippen LogP contribution in [0.4, 0.5) is 0 Å². The molecular weight excluding hydrogens is 248 g/mol. The Bertz CT molecular complexity index is 536. The highest BCUT2D eigenvalue weighted by Crippen LogP contribution is 2.23. The Morgan fingerprint density at radius 1 is 1.25 bits per heavy atom. The Morgan fingerprint density at radius 3 is 2.95 bits per heavy atom. The molecule has 1 saturated heterocycles. The molecule has 1 aromatic carbocycles. The Labute approximate surface area is 120 Å². The first kappa shape index (κ1) is 13.1. The first-order valence-electron chi connectivity index (χ1n) is 7.20. The molecule has 103 valence electrons. The zero-order valence-corrected chi connectivity index (χ0v) is 11.5. The van der Waals surface area contributed by atoms with Gasteiger partial charge in [-0.3, -0.25) is 4.98 Å². The number of hydrogen-bond donors (Lipinski definition) is 1. The Hall–Kier alpha value is -1.87. The van der Waals surface area contributed by atoms with Gasteiger partial charge >= 0.3 is 0 Å². The van der Waals surface area contributed by atoms with Gasteiger partial charge in [0.1, 0.15) is 5.75 Å². The number of pyridine rings is 1. The second-order valence-corrected chi connectivity index (χ2v) is 5.11. The minimum absolute atomic E-state index is 0.624. The van der Waals surface area contributed by atoms with Gasteiger partial charge in [-0.25, -0.2) is 0 Å². The summed E-state index contributed by atoms with van der Waals surface area (Å²) in [4.78, 5) is 4.04. The average molecular weight is 267 g/mol. The first-order valence-corrected chi connectivity index (χ1v) is 7.20. The molecule has 0 amide bonds. The fourth-order valence-electron chi connectivity index (χ4n) is 2.57. The van der Waals surface area contributed by atoms with Crippen molar-refractivity contribution in [2.45, 2.75) is 25.3 Å². The Balaban J connectivity index is 1.59. The molecule has 3 nitrogen and oxygen atoms in total. The SMILES string of the molecule is [c]1ccc(-c2ccncc2)cc1OCCC1CCCN1. The van der Waals surface area contributed by atoms with E-state index in [-0.39, 0.29) is 0 Å². The number of nitrogens with one attached hydrogen (secondary N) is 1. The summed E-state index contributed by atoms with van der Waals surface area (Å²) >= 11 is 0. The van der Waals surface area contributed by atoms with Crippen molar-refractivity contribution in [1.29, 1.82) is 0 Å². The summed E-state index contributed by atoms with van der Waals surface area (Å²) < 4.78 is 5.82. The molecule has 1 unspecified atom stereocenters. The Morgan fingerprint density at radius 2 is 2.15 bits per heavy atom. The fourth-order valence-corrected chi connectivity index (χ4v) is 2.57. The molecule has 1 N–H and O–H groups in total. The maximum Gasteiger partial charge on any atom is 0.127 e. The lowest BCUT2D eigenvalue weighted by molar-refractivity contribution is 0.292. The van der Waals surface area contributed by atoms with E-state index in [4.69, 9.17) is 4.74 Å². The maximum atomic E-state index is 5.82. The van der Waals surface area contributed by atoms with E-state index in [9.17, 15) is 0 Å². The van der Waals surface area contributed by atoms with Crippen LogP contribution in [0, 0.1) is 6.07 Å². The topological polar surface area (TPSA) is 34.1 Å². The summed E-state index contributed by atoms with van der Waals surface area (Å²) in [6.07, 6.45) is 7.22. The number of aromatic nitrogens is 1. The van der Waals surface area contributed by atoms with Crippen molar-refractivity contribution in [2.75, 3.05) is 13.2 Å². The van der Waals surface area contributed by atoms with E-state index in [1.54, 1.807) is 12.4 Å². The third kappa shape index (κ3) is 3.36. The fraction of sp³-hybridized carbons (Fsp3) is 0.353. The molecule has 20 heavy (non-hydrogen) atoms. The van der Waals surface area contributed by atoms with Gasteiger partial charge in [0, 0.05) is 24.5 Å². The molecule has 0 spiro atoms. The number of ether oxygens (including phenoxy) is 1. The molecule has 0 aliphatic carbocycles. The van der Waals surface area contributed by atoms with Crippen LogP contribution in [0.1, 0.15) is 19.3 Å². The van der Waals surface area contributed by atoms with Crippen molar-refractivity contribution in [3.63, 3.8) is 0 Å². The summed E-state index contributed by atoms with van der Waals surface area (Å²) in [6.45, 7) is 1.89. The van der Waals surface area contributed by atoms with E-state index in [2.05, 4.69) is 16.4 Å². The third-order valence-electron chi connectivity index (χ3n) is 3.67. The number of hydrogen-bond acceptors (Lipinski definition) is 3. The number of nitrogens with zero attached hydrogens (tertiary/aromatic N) is 1. The van der Waals surface area contributed by atoms with Gasteiger partial charge in [0.05, 0.1) is 6.61 Å². The highest BCUT2D eigenvalue weighted by atomic mass is 16.5. The van der Waals surface area contributed by atoms with Gasteiger partial charge in [0.25, 0.3) is 0 Å². The standard InChI is InChI=1S/C17H19N2O/c1-3-15(14-6-10-18-11-7-14)13-17(5-1)20-12-8-16-4-2-9-19-16/h1,3,6-7,10-11,13,16,19H,2,4,8-9,12H2. The van der Waals surface area contributed by atoms with Crippen LogP contribution in [0.15, 0.2) is 42.7 Å². The molecule has 0 saturated carbocycles. The Kier molecular flexibility index (Phi) is 4.28. The second-order valence-electron chi connectivity index (χ2n) is 5.11. The molecule has 1 atom stereocenters. The van der Waals surface area contributed by atoms with Crippen molar-refractivity contribution in [2.24, 2.45) is 0 Å². The molecule has 3 rings (SSSR count). The van der Waals surface area contributed by atoms with Gasteiger partial charge in [-0.2, -0.15) is 0 Å². The minimum Gasteiger partial charge on any atom is -0.493 e. The highest BCUT2D eigenvalue weighted by Gasteiger charge is 2.13. The van der Waals surface area contributed by atoms with E-state index < -0.39 is 0 Å². The molecule has 1 fully saturated rings. The molecule has 1 aliphatic rings. The zero-order valence-electron chi connectivity index (χ0n) is 11.5. The lowest BCUT2D eigenvalue weighted by Gasteiger charge is -2.11. The second kappa shape index (κ2) is 6.53. The third-order valence-corrected chi connectivity index (χ3v) is 3.67. The van der Waals surface area contributed by atoms with Crippen LogP contribution in [-0.4, -0.2) is 24.2 Å². The molecule has 3 heteroatoms. The molecule has 2 aromatic rings. The van der Waals surface area contributed by atoms with E-state index in [0.717, 1.165) is 36.4 Å². The lowest BCUT2D eigenvalue weighted by Crippen LogP contribution is -2.23. The van der Waals surface area contributed by atoms with Gasteiger partial charge in [-0.1, -0.05) is 6.07 Å². The smallest absolute Gasteiger partial charge is 0.127 e. The quantitative estimate of drug-likeness (QED) is 0.904. The number of benzene rings is 1. The van der Waals surface area contributed by atoms with Gasteiger partial charge < -0.3 is 10.1 Å². The minimum atomic E-state index is 0.624. The average Bonchev–Trinajstić information content (AvgIpc) is 3.02. The highest BCUT2D eigenvalue weighted by molar-refractivity contribution is 5.64. The number of rotatable bonds is 5. The van der Waals surface area contributed by atoms with Gasteiger partial charge in [0.2, 0.25) is 0 Å². The molecular formula is C17H19N2O. The van der Waals surface area contributed by atoms with Crippen molar-refractivity contribution >= 4 is 0 Å². The van der Waals surface area contributed by atoms with Crippen molar-refractivity contribution in [1.82, 2.24) is 10.3 Å². The van der Waals surface area contributed by atoms with Gasteiger partial charge in [0.15, 0.2) is 0 Å². The van der Waals surface area contributed by atoms with E-state index in [0.29, 0.717) is 6.04 Å². The summed E-state index contributed by atoms with van der Waals surface area (Å²) in [5.74, 6) is 0.817. The van der Waals surface area contributed by atoms with Gasteiger partial charge in [-0.15, -0.1) is 0 Å². The largest absolute Gasteiger partial charge is 0.493 e. The van der Waals surface area contributed by atoms with Crippen LogP contribution < -0.4 is 10.1 Å². The normalized spacial score (nSPS) is 18.1. The van der Waals surface area contributed by atoms with Crippen LogP contribution in [0.2, 0.25) is 0 Å². The summed E-state index contributed by atoms with van der Waals surface area (Å²) in [7, 11) is 0. The predicted octanol–water partition coefficient (Wildman–Crippen LogP) is 3.07. The zero-order chi connectivity index (χ0) is 13.6.